The molecule has 1 aromatic carbocycles. The van der Waals surface area contributed by atoms with Gasteiger partial charge in [0.15, 0.2) is 0 Å². The topological polar surface area (TPSA) is 96.0 Å². The Morgan fingerprint density at radius 2 is 2.00 bits per heavy atom. The molecule has 3 rings (SSSR count). The molecule has 0 radical (unpaired) electrons. The quantitative estimate of drug-likeness (QED) is 0.675. The average molecular weight is 324 g/mol. The minimum Gasteiger partial charge on any atom is -0.358 e. The minimum absolute atomic E-state index is 0.106. The number of likely N-dealkylation sites (N-methyl/N-ethyl adjacent to an activating group) is 1. The van der Waals surface area contributed by atoms with Gasteiger partial charge in [0.25, 0.3) is 5.91 Å². The molecule has 2 heterocycles. The zero-order valence-electron chi connectivity index (χ0n) is 13.0. The number of aromatic amines is 1. The Kier molecular flexibility index (Phi) is 4.15. The lowest BCUT2D eigenvalue weighted by Crippen LogP contribution is -2.23. The smallest absolute Gasteiger partial charge is 0.255 e. The van der Waals surface area contributed by atoms with Crippen LogP contribution in [-0.2, 0) is 11.3 Å². The van der Waals surface area contributed by atoms with Crippen LogP contribution in [0.3, 0.4) is 0 Å². The molecule has 7 nitrogen and oxygen atoms in total. The van der Waals surface area contributed by atoms with Crippen LogP contribution in [0.15, 0.2) is 53.6 Å². The van der Waals surface area contributed by atoms with Crippen LogP contribution in [0, 0.1) is 0 Å². The molecule has 0 fully saturated rings. The molecule has 0 saturated heterocycles. The molecule has 0 atom stereocenters. The molecule has 0 saturated carbocycles. The second-order valence-electron chi connectivity index (χ2n) is 5.29. The molecule has 0 aliphatic heterocycles. The largest absolute Gasteiger partial charge is 0.358 e. The van der Waals surface area contributed by atoms with E-state index in [4.69, 9.17) is 0 Å². The second kappa shape index (κ2) is 6.41. The summed E-state index contributed by atoms with van der Waals surface area (Å²) in [4.78, 5) is 37.5. The van der Waals surface area contributed by atoms with Crippen LogP contribution in [0.1, 0.15) is 10.4 Å². The Labute approximate surface area is 137 Å². The molecule has 0 bridgehead atoms. The van der Waals surface area contributed by atoms with E-state index in [1.807, 2.05) is 18.3 Å². The van der Waals surface area contributed by atoms with E-state index in [9.17, 15) is 14.4 Å². The van der Waals surface area contributed by atoms with E-state index in [-0.39, 0.29) is 29.5 Å². The lowest BCUT2D eigenvalue weighted by atomic mass is 10.2. The number of amides is 2. The molecule has 7 heteroatoms. The summed E-state index contributed by atoms with van der Waals surface area (Å²) in [5.41, 5.74) is 1.36. The van der Waals surface area contributed by atoms with Gasteiger partial charge in [-0.3, -0.25) is 14.4 Å². The van der Waals surface area contributed by atoms with Gasteiger partial charge in [0.2, 0.25) is 11.5 Å². The predicted octanol–water partition coefficient (Wildman–Crippen LogP) is 1.33. The van der Waals surface area contributed by atoms with E-state index in [2.05, 4.69) is 15.6 Å². The Balaban J connectivity index is 1.87. The fourth-order valence-electron chi connectivity index (χ4n) is 2.42. The maximum absolute atomic E-state index is 12.2. The van der Waals surface area contributed by atoms with Crippen molar-refractivity contribution in [2.45, 2.75) is 6.54 Å². The Hall–Kier alpha value is -3.35. The van der Waals surface area contributed by atoms with Gasteiger partial charge >= 0.3 is 0 Å². The van der Waals surface area contributed by atoms with Gasteiger partial charge in [0, 0.05) is 36.8 Å². The van der Waals surface area contributed by atoms with Crippen molar-refractivity contribution in [1.82, 2.24) is 14.9 Å². The highest BCUT2D eigenvalue weighted by atomic mass is 16.2. The molecule has 2 aromatic heterocycles. The molecule has 122 valence electrons. The standard InChI is InChI=1S/C17H16N4O3/c1-18-16(23)10-21-7-5-11-2-3-13(9-14(11)21)20-17(24)12-4-6-19-15(22)8-12/h2-9H,10H2,1H3,(H,18,23)(H,19,22)(H,20,24). The molecule has 24 heavy (non-hydrogen) atoms. The van der Waals surface area contributed by atoms with E-state index in [1.165, 1.54) is 18.3 Å². The van der Waals surface area contributed by atoms with E-state index in [0.717, 1.165) is 10.9 Å². The number of benzene rings is 1. The van der Waals surface area contributed by atoms with Gasteiger partial charge in [-0.25, -0.2) is 0 Å². The van der Waals surface area contributed by atoms with Crippen molar-refractivity contribution in [2.24, 2.45) is 0 Å². The van der Waals surface area contributed by atoms with E-state index < -0.39 is 0 Å². The van der Waals surface area contributed by atoms with Gasteiger partial charge in [0.05, 0.1) is 5.52 Å². The van der Waals surface area contributed by atoms with Crippen molar-refractivity contribution in [2.75, 3.05) is 12.4 Å². The molecule has 2 amide bonds. The highest BCUT2D eigenvalue weighted by Gasteiger charge is 2.09. The molecule has 0 spiro atoms. The SMILES string of the molecule is CNC(=O)Cn1ccc2ccc(NC(=O)c3cc[nH]c(=O)c3)cc21. The third-order valence-electron chi connectivity index (χ3n) is 3.66. The summed E-state index contributed by atoms with van der Waals surface area (Å²) in [5.74, 6) is -0.477. The number of carbonyl (C=O) groups excluding carboxylic acids is 2. The van der Waals surface area contributed by atoms with Crippen molar-refractivity contribution in [3.63, 3.8) is 0 Å². The summed E-state index contributed by atoms with van der Waals surface area (Å²) in [7, 11) is 1.58. The minimum atomic E-state index is -0.371. The average Bonchev–Trinajstić information content (AvgIpc) is 2.97. The van der Waals surface area contributed by atoms with Crippen molar-refractivity contribution in [3.8, 4) is 0 Å². The molecule has 0 aliphatic carbocycles. The number of aromatic nitrogens is 2. The highest BCUT2D eigenvalue weighted by Crippen LogP contribution is 2.21. The maximum Gasteiger partial charge on any atom is 0.255 e. The van der Waals surface area contributed by atoms with Gasteiger partial charge in [-0.2, -0.15) is 0 Å². The number of anilines is 1. The van der Waals surface area contributed by atoms with Crippen LogP contribution in [0.2, 0.25) is 0 Å². The first-order chi connectivity index (χ1) is 11.6. The van der Waals surface area contributed by atoms with Crippen LogP contribution in [0.25, 0.3) is 10.9 Å². The first-order valence-corrected chi connectivity index (χ1v) is 7.36. The number of nitrogens with one attached hydrogen (secondary N) is 3. The number of pyridine rings is 1. The Morgan fingerprint density at radius 1 is 1.17 bits per heavy atom. The zero-order chi connectivity index (χ0) is 17.1. The third-order valence-corrected chi connectivity index (χ3v) is 3.66. The summed E-state index contributed by atoms with van der Waals surface area (Å²) >= 11 is 0. The number of hydrogen-bond donors (Lipinski definition) is 3. The highest BCUT2D eigenvalue weighted by molar-refractivity contribution is 6.05. The van der Waals surface area contributed by atoms with E-state index in [0.29, 0.717) is 5.69 Å². The summed E-state index contributed by atoms with van der Waals surface area (Å²) < 4.78 is 1.80. The number of H-pyrrole nitrogens is 1. The van der Waals surface area contributed by atoms with Crippen LogP contribution >= 0.6 is 0 Å². The predicted molar refractivity (Wildman–Crippen MR) is 91.0 cm³/mol. The summed E-state index contributed by atoms with van der Waals surface area (Å²) in [6, 6.07) is 10.1. The first-order valence-electron chi connectivity index (χ1n) is 7.36. The molecular weight excluding hydrogens is 308 g/mol. The second-order valence-corrected chi connectivity index (χ2v) is 5.29. The van der Waals surface area contributed by atoms with Gasteiger partial charge in [-0.1, -0.05) is 6.07 Å². The fraction of sp³-hybridized carbons (Fsp3) is 0.118. The Bertz CT molecular complexity index is 971. The maximum atomic E-state index is 12.2. The van der Waals surface area contributed by atoms with Crippen LogP contribution in [0.5, 0.6) is 0 Å². The number of nitrogens with zero attached hydrogens (tertiary/aromatic N) is 1. The number of rotatable bonds is 4. The van der Waals surface area contributed by atoms with Crippen LogP contribution in [0.4, 0.5) is 5.69 Å². The molecule has 3 N–H and O–H groups in total. The zero-order valence-corrected chi connectivity index (χ0v) is 13.0. The fourth-order valence-corrected chi connectivity index (χ4v) is 2.42. The lowest BCUT2D eigenvalue weighted by molar-refractivity contribution is -0.121. The van der Waals surface area contributed by atoms with Crippen LogP contribution < -0.4 is 16.2 Å². The molecular formula is C17H16N4O3. The van der Waals surface area contributed by atoms with E-state index >= 15 is 0 Å². The lowest BCUT2D eigenvalue weighted by Gasteiger charge is -2.08. The molecule has 0 aliphatic rings. The van der Waals surface area contributed by atoms with Gasteiger partial charge in [0.1, 0.15) is 6.54 Å². The van der Waals surface area contributed by atoms with Gasteiger partial charge in [-0.15, -0.1) is 0 Å². The summed E-state index contributed by atoms with van der Waals surface area (Å²) in [6.07, 6.45) is 3.25. The van der Waals surface area contributed by atoms with Crippen molar-refractivity contribution in [3.05, 3.63) is 64.7 Å². The summed E-state index contributed by atoms with van der Waals surface area (Å²) in [5, 5.41) is 6.30. The Morgan fingerprint density at radius 3 is 2.75 bits per heavy atom. The van der Waals surface area contributed by atoms with Gasteiger partial charge < -0.3 is 20.2 Å². The monoisotopic (exact) mass is 324 g/mol. The first kappa shape index (κ1) is 15.5. The van der Waals surface area contributed by atoms with Gasteiger partial charge in [-0.05, 0) is 29.7 Å². The van der Waals surface area contributed by atoms with Crippen LogP contribution in [-0.4, -0.2) is 28.4 Å². The third kappa shape index (κ3) is 3.19. The number of hydrogen-bond acceptors (Lipinski definition) is 3. The number of carbonyl (C=O) groups is 2. The summed E-state index contributed by atoms with van der Waals surface area (Å²) in [6.45, 7) is 0.200. The van der Waals surface area contributed by atoms with Crippen molar-refractivity contribution < 1.29 is 9.59 Å². The van der Waals surface area contributed by atoms with Crippen molar-refractivity contribution >= 4 is 28.4 Å². The molecule has 3 aromatic rings. The van der Waals surface area contributed by atoms with E-state index in [1.54, 1.807) is 23.7 Å². The number of fused-ring (bicyclic) bond motifs is 1. The molecule has 0 unspecified atom stereocenters. The normalized spacial score (nSPS) is 10.5. The van der Waals surface area contributed by atoms with Crippen molar-refractivity contribution in [1.29, 1.82) is 0 Å².